The molecule has 0 amide bonds. The summed E-state index contributed by atoms with van der Waals surface area (Å²) < 4.78 is 0. The van der Waals surface area contributed by atoms with Crippen molar-refractivity contribution < 1.29 is 9.90 Å². The van der Waals surface area contributed by atoms with Crippen LogP contribution in [-0.2, 0) is 4.79 Å². The van der Waals surface area contributed by atoms with E-state index >= 15 is 0 Å². The Morgan fingerprint density at radius 3 is 1.68 bits per heavy atom. The SMILES string of the molecule is CCCCCCCCC(CCCCCC)CC(CC)C(=O)O. The van der Waals surface area contributed by atoms with E-state index in [9.17, 15) is 9.90 Å². The highest BCUT2D eigenvalue weighted by atomic mass is 16.4. The summed E-state index contributed by atoms with van der Waals surface area (Å²) in [6.07, 6.45) is 17.3. The van der Waals surface area contributed by atoms with Gasteiger partial charge < -0.3 is 5.11 Å². The summed E-state index contributed by atoms with van der Waals surface area (Å²) in [5.41, 5.74) is 0. The zero-order chi connectivity index (χ0) is 16.6. The van der Waals surface area contributed by atoms with Gasteiger partial charge in [-0.1, -0.05) is 97.8 Å². The minimum atomic E-state index is -0.594. The van der Waals surface area contributed by atoms with Crippen molar-refractivity contribution >= 4 is 5.97 Å². The van der Waals surface area contributed by atoms with Crippen molar-refractivity contribution in [1.29, 1.82) is 0 Å². The lowest BCUT2D eigenvalue weighted by Crippen LogP contribution is -2.17. The molecule has 132 valence electrons. The molecular formula is C20H40O2. The lowest BCUT2D eigenvalue weighted by molar-refractivity contribution is -0.142. The molecule has 0 bridgehead atoms. The van der Waals surface area contributed by atoms with Crippen LogP contribution in [-0.4, -0.2) is 11.1 Å². The van der Waals surface area contributed by atoms with E-state index in [1.54, 1.807) is 0 Å². The standard InChI is InChI=1S/C20H40O2/c1-4-7-9-11-12-14-16-18(15-13-10-8-5-2)17-19(6-3)20(21)22/h18-19H,4-17H2,1-3H3,(H,21,22). The van der Waals surface area contributed by atoms with Crippen LogP contribution in [0.3, 0.4) is 0 Å². The normalized spacial score (nSPS) is 14.0. The molecule has 0 heterocycles. The van der Waals surface area contributed by atoms with Crippen LogP contribution in [0.4, 0.5) is 0 Å². The molecule has 0 saturated heterocycles. The Kier molecular flexibility index (Phi) is 15.0. The van der Waals surface area contributed by atoms with Crippen LogP contribution < -0.4 is 0 Å². The Labute approximate surface area is 139 Å². The maximum atomic E-state index is 11.3. The Bertz CT molecular complexity index is 250. The highest BCUT2D eigenvalue weighted by molar-refractivity contribution is 5.69. The third-order valence-corrected chi connectivity index (χ3v) is 4.89. The summed E-state index contributed by atoms with van der Waals surface area (Å²) in [6, 6.07) is 0. The Balaban J connectivity index is 4.06. The van der Waals surface area contributed by atoms with Crippen LogP contribution >= 0.6 is 0 Å². The Hall–Kier alpha value is -0.530. The fourth-order valence-electron chi connectivity index (χ4n) is 3.30. The van der Waals surface area contributed by atoms with Crippen molar-refractivity contribution in [3.8, 4) is 0 Å². The molecule has 0 aromatic carbocycles. The first-order chi connectivity index (χ1) is 10.7. The van der Waals surface area contributed by atoms with Gasteiger partial charge in [-0.2, -0.15) is 0 Å². The fraction of sp³-hybridized carbons (Fsp3) is 0.950. The summed E-state index contributed by atoms with van der Waals surface area (Å²) in [6.45, 7) is 6.51. The van der Waals surface area contributed by atoms with Crippen LogP contribution in [0, 0.1) is 11.8 Å². The third kappa shape index (κ3) is 12.1. The largest absolute Gasteiger partial charge is 0.481 e. The summed E-state index contributed by atoms with van der Waals surface area (Å²) >= 11 is 0. The third-order valence-electron chi connectivity index (χ3n) is 4.89. The number of hydrogen-bond donors (Lipinski definition) is 1. The molecule has 1 N–H and O–H groups in total. The molecule has 0 aromatic rings. The maximum absolute atomic E-state index is 11.3. The van der Waals surface area contributed by atoms with Gasteiger partial charge in [0.2, 0.25) is 0 Å². The molecule has 0 spiro atoms. The molecule has 22 heavy (non-hydrogen) atoms. The van der Waals surface area contributed by atoms with Gasteiger partial charge in [0.25, 0.3) is 0 Å². The molecule has 0 aliphatic heterocycles. The van der Waals surface area contributed by atoms with Crippen LogP contribution in [0.1, 0.15) is 111 Å². The number of carbonyl (C=O) groups is 1. The second kappa shape index (κ2) is 15.4. The molecule has 0 rings (SSSR count). The molecule has 2 nitrogen and oxygen atoms in total. The first kappa shape index (κ1) is 21.5. The van der Waals surface area contributed by atoms with Gasteiger partial charge in [0, 0.05) is 0 Å². The van der Waals surface area contributed by atoms with E-state index in [2.05, 4.69) is 13.8 Å². The first-order valence-corrected chi connectivity index (χ1v) is 9.88. The smallest absolute Gasteiger partial charge is 0.306 e. The van der Waals surface area contributed by atoms with Gasteiger partial charge in [-0.15, -0.1) is 0 Å². The van der Waals surface area contributed by atoms with Gasteiger partial charge in [0.1, 0.15) is 0 Å². The van der Waals surface area contributed by atoms with Gasteiger partial charge in [0.05, 0.1) is 5.92 Å². The van der Waals surface area contributed by atoms with Crippen LogP contribution in [0.5, 0.6) is 0 Å². The molecule has 0 fully saturated rings. The molecule has 0 aromatic heterocycles. The minimum Gasteiger partial charge on any atom is -0.481 e. The second-order valence-electron chi connectivity index (χ2n) is 6.95. The predicted molar refractivity (Wildman–Crippen MR) is 96.3 cm³/mol. The lowest BCUT2D eigenvalue weighted by atomic mass is 9.85. The molecule has 2 unspecified atom stereocenters. The lowest BCUT2D eigenvalue weighted by Gasteiger charge is -2.20. The Morgan fingerprint density at radius 2 is 1.23 bits per heavy atom. The van der Waals surface area contributed by atoms with Gasteiger partial charge >= 0.3 is 5.97 Å². The molecule has 0 aliphatic carbocycles. The van der Waals surface area contributed by atoms with Crippen LogP contribution in [0.25, 0.3) is 0 Å². The van der Waals surface area contributed by atoms with Crippen molar-refractivity contribution in [3.05, 3.63) is 0 Å². The summed E-state index contributed by atoms with van der Waals surface area (Å²) in [5, 5.41) is 9.30. The highest BCUT2D eigenvalue weighted by Gasteiger charge is 2.20. The van der Waals surface area contributed by atoms with Crippen molar-refractivity contribution in [2.75, 3.05) is 0 Å². The quantitative estimate of drug-likeness (QED) is 0.317. The van der Waals surface area contributed by atoms with Gasteiger partial charge in [0.15, 0.2) is 0 Å². The van der Waals surface area contributed by atoms with Crippen LogP contribution in [0.15, 0.2) is 0 Å². The van der Waals surface area contributed by atoms with Gasteiger partial charge in [-0.25, -0.2) is 0 Å². The number of aliphatic carboxylic acids is 1. The average Bonchev–Trinajstić information content (AvgIpc) is 2.51. The number of rotatable bonds is 16. The van der Waals surface area contributed by atoms with Crippen molar-refractivity contribution in [2.24, 2.45) is 11.8 Å². The first-order valence-electron chi connectivity index (χ1n) is 9.88. The van der Waals surface area contributed by atoms with Gasteiger partial charge in [-0.05, 0) is 18.8 Å². The topological polar surface area (TPSA) is 37.3 Å². The van der Waals surface area contributed by atoms with Crippen molar-refractivity contribution in [2.45, 2.75) is 111 Å². The van der Waals surface area contributed by atoms with Crippen LogP contribution in [0.2, 0.25) is 0 Å². The minimum absolute atomic E-state index is 0.128. The molecule has 2 heteroatoms. The maximum Gasteiger partial charge on any atom is 0.306 e. The zero-order valence-electron chi connectivity index (χ0n) is 15.4. The molecule has 0 radical (unpaired) electrons. The van der Waals surface area contributed by atoms with E-state index in [0.29, 0.717) is 5.92 Å². The summed E-state index contributed by atoms with van der Waals surface area (Å²) in [4.78, 5) is 11.3. The fourth-order valence-corrected chi connectivity index (χ4v) is 3.30. The number of carboxylic acid groups (broad SMARTS) is 1. The molecule has 2 atom stereocenters. The molecular weight excluding hydrogens is 272 g/mol. The number of hydrogen-bond acceptors (Lipinski definition) is 1. The number of carboxylic acids is 1. The van der Waals surface area contributed by atoms with Crippen molar-refractivity contribution in [3.63, 3.8) is 0 Å². The highest BCUT2D eigenvalue weighted by Crippen LogP contribution is 2.26. The van der Waals surface area contributed by atoms with Crippen molar-refractivity contribution in [1.82, 2.24) is 0 Å². The monoisotopic (exact) mass is 312 g/mol. The van der Waals surface area contributed by atoms with Gasteiger partial charge in [-0.3, -0.25) is 4.79 Å². The predicted octanol–water partition coefficient (Wildman–Crippen LogP) is 6.82. The molecule has 0 aliphatic rings. The molecule has 0 saturated carbocycles. The summed E-state index contributed by atoms with van der Waals surface area (Å²) in [5.74, 6) is -0.0932. The Morgan fingerprint density at radius 1 is 0.773 bits per heavy atom. The van der Waals surface area contributed by atoms with E-state index in [4.69, 9.17) is 0 Å². The van der Waals surface area contributed by atoms with E-state index in [-0.39, 0.29) is 5.92 Å². The van der Waals surface area contributed by atoms with E-state index in [0.717, 1.165) is 12.8 Å². The number of unbranched alkanes of at least 4 members (excludes halogenated alkanes) is 8. The average molecular weight is 313 g/mol. The zero-order valence-corrected chi connectivity index (χ0v) is 15.4. The second-order valence-corrected chi connectivity index (χ2v) is 6.95. The van der Waals surface area contributed by atoms with E-state index in [1.165, 1.54) is 77.0 Å². The van der Waals surface area contributed by atoms with E-state index < -0.39 is 5.97 Å². The summed E-state index contributed by atoms with van der Waals surface area (Å²) in [7, 11) is 0. The van der Waals surface area contributed by atoms with E-state index in [1.807, 2.05) is 6.92 Å².